The van der Waals surface area contributed by atoms with Gasteiger partial charge in [0.05, 0.1) is 13.2 Å². The summed E-state index contributed by atoms with van der Waals surface area (Å²) in [4.78, 5) is 48.4. The predicted octanol–water partition coefficient (Wildman–Crippen LogP) is -0.532. The van der Waals surface area contributed by atoms with Gasteiger partial charge in [-0.2, -0.15) is 0 Å². The molecule has 5 atom stereocenters. The van der Waals surface area contributed by atoms with E-state index in [2.05, 4.69) is 6.58 Å². The SMILES string of the molecule is C=C(C)C(=O)OCC(=O)OC1OC2C(C)OC(=O)C2C1C(=O)OC1COCOC1. The zero-order chi connectivity index (χ0) is 21.1. The lowest BCUT2D eigenvalue weighted by molar-refractivity contribution is -0.207. The van der Waals surface area contributed by atoms with Gasteiger partial charge in [0.1, 0.15) is 36.9 Å². The molecule has 3 fully saturated rings. The van der Waals surface area contributed by atoms with Crippen molar-refractivity contribution in [1.82, 2.24) is 0 Å². The van der Waals surface area contributed by atoms with E-state index < -0.39 is 66.9 Å². The van der Waals surface area contributed by atoms with E-state index in [-0.39, 0.29) is 25.6 Å². The second kappa shape index (κ2) is 8.89. The van der Waals surface area contributed by atoms with Crippen molar-refractivity contribution in [2.45, 2.75) is 38.4 Å². The maximum absolute atomic E-state index is 12.7. The monoisotopic (exact) mass is 414 g/mol. The Hall–Kier alpha value is -2.50. The molecule has 3 saturated heterocycles. The van der Waals surface area contributed by atoms with E-state index in [1.54, 1.807) is 6.92 Å². The van der Waals surface area contributed by atoms with Crippen molar-refractivity contribution in [3.8, 4) is 0 Å². The molecule has 3 aliphatic heterocycles. The summed E-state index contributed by atoms with van der Waals surface area (Å²) < 4.78 is 36.1. The standard InChI is InChI=1S/C18H22O11/c1-8(2)15(20)25-6-11(19)28-18-13(12-14(29-18)9(3)26-16(12)21)17(22)27-10-4-23-7-24-5-10/h9-10,12-14,18H,1,4-7H2,2-3H3. The second-order valence-electron chi connectivity index (χ2n) is 6.93. The van der Waals surface area contributed by atoms with Crippen LogP contribution in [0.4, 0.5) is 0 Å². The lowest BCUT2D eigenvalue weighted by Gasteiger charge is -2.26. The topological polar surface area (TPSA) is 133 Å². The summed E-state index contributed by atoms with van der Waals surface area (Å²) in [6, 6.07) is 0. The van der Waals surface area contributed by atoms with Crippen LogP contribution in [0.3, 0.4) is 0 Å². The Morgan fingerprint density at radius 2 is 1.86 bits per heavy atom. The largest absolute Gasteiger partial charge is 0.460 e. The van der Waals surface area contributed by atoms with Crippen molar-refractivity contribution < 1.29 is 52.3 Å². The average Bonchev–Trinajstić information content (AvgIpc) is 3.17. The molecule has 3 heterocycles. The molecular weight excluding hydrogens is 392 g/mol. The molecule has 0 aromatic heterocycles. The summed E-state index contributed by atoms with van der Waals surface area (Å²) in [5.74, 6) is -5.39. The first kappa shape index (κ1) is 21.2. The van der Waals surface area contributed by atoms with Crippen LogP contribution in [-0.4, -0.2) is 75.1 Å². The first-order valence-corrected chi connectivity index (χ1v) is 9.02. The molecule has 160 valence electrons. The highest BCUT2D eigenvalue weighted by atomic mass is 16.7. The molecule has 3 aliphatic rings. The number of carbonyl (C=O) groups is 4. The Bertz CT molecular complexity index is 696. The molecule has 0 saturated carbocycles. The maximum atomic E-state index is 12.7. The molecule has 0 aromatic rings. The van der Waals surface area contributed by atoms with Gasteiger partial charge in [-0.05, 0) is 13.8 Å². The fraction of sp³-hybridized carbons (Fsp3) is 0.667. The van der Waals surface area contributed by atoms with Crippen molar-refractivity contribution in [3.63, 3.8) is 0 Å². The van der Waals surface area contributed by atoms with Gasteiger partial charge in [-0.15, -0.1) is 0 Å². The minimum atomic E-state index is -1.39. The fourth-order valence-corrected chi connectivity index (χ4v) is 3.26. The fourth-order valence-electron chi connectivity index (χ4n) is 3.26. The normalized spacial score (nSPS) is 31.5. The molecule has 0 aromatic carbocycles. The van der Waals surface area contributed by atoms with Crippen molar-refractivity contribution in [3.05, 3.63) is 12.2 Å². The van der Waals surface area contributed by atoms with E-state index >= 15 is 0 Å². The van der Waals surface area contributed by atoms with Crippen molar-refractivity contribution >= 4 is 23.9 Å². The van der Waals surface area contributed by atoms with E-state index in [0.717, 1.165) is 0 Å². The summed E-state index contributed by atoms with van der Waals surface area (Å²) in [6.07, 6.45) is -3.48. The third-order valence-electron chi connectivity index (χ3n) is 4.61. The number of rotatable bonds is 6. The Morgan fingerprint density at radius 1 is 1.17 bits per heavy atom. The highest BCUT2D eigenvalue weighted by Gasteiger charge is 2.61. The van der Waals surface area contributed by atoms with Crippen LogP contribution in [0.5, 0.6) is 0 Å². The highest BCUT2D eigenvalue weighted by molar-refractivity contribution is 5.89. The molecule has 0 N–H and O–H groups in total. The first-order chi connectivity index (χ1) is 13.8. The minimum Gasteiger partial charge on any atom is -0.460 e. The van der Waals surface area contributed by atoms with Gasteiger partial charge in [-0.1, -0.05) is 6.58 Å². The van der Waals surface area contributed by atoms with Crippen LogP contribution in [0.25, 0.3) is 0 Å². The third-order valence-corrected chi connectivity index (χ3v) is 4.61. The number of esters is 4. The second-order valence-corrected chi connectivity index (χ2v) is 6.93. The molecule has 11 heteroatoms. The Labute approximate surface area is 166 Å². The highest BCUT2D eigenvalue weighted by Crippen LogP contribution is 2.42. The number of carbonyl (C=O) groups excluding carboxylic acids is 4. The number of ether oxygens (including phenoxy) is 7. The van der Waals surface area contributed by atoms with Crippen LogP contribution in [0.15, 0.2) is 12.2 Å². The molecule has 11 nitrogen and oxygen atoms in total. The van der Waals surface area contributed by atoms with E-state index in [1.165, 1.54) is 6.92 Å². The van der Waals surface area contributed by atoms with Gasteiger partial charge in [-0.25, -0.2) is 9.59 Å². The zero-order valence-corrected chi connectivity index (χ0v) is 16.0. The summed E-state index contributed by atoms with van der Waals surface area (Å²) in [5.41, 5.74) is 0.111. The van der Waals surface area contributed by atoms with Gasteiger partial charge in [-0.3, -0.25) is 9.59 Å². The lowest BCUT2D eigenvalue weighted by atomic mass is 9.90. The Kier molecular flexibility index (Phi) is 6.50. The number of cyclic esters (lactones) is 1. The predicted molar refractivity (Wildman–Crippen MR) is 89.7 cm³/mol. The zero-order valence-electron chi connectivity index (χ0n) is 16.0. The number of hydrogen-bond donors (Lipinski definition) is 0. The van der Waals surface area contributed by atoms with Crippen LogP contribution >= 0.6 is 0 Å². The Morgan fingerprint density at radius 3 is 2.52 bits per heavy atom. The molecule has 29 heavy (non-hydrogen) atoms. The van der Waals surface area contributed by atoms with Crippen LogP contribution in [0, 0.1) is 11.8 Å². The first-order valence-electron chi connectivity index (χ1n) is 9.02. The van der Waals surface area contributed by atoms with E-state index in [9.17, 15) is 19.2 Å². The summed E-state index contributed by atoms with van der Waals surface area (Å²) >= 11 is 0. The Balaban J connectivity index is 1.67. The smallest absolute Gasteiger partial charge is 0.346 e. The van der Waals surface area contributed by atoms with Crippen LogP contribution in [0.1, 0.15) is 13.8 Å². The van der Waals surface area contributed by atoms with Crippen LogP contribution in [0.2, 0.25) is 0 Å². The molecule has 0 bridgehead atoms. The molecule has 0 spiro atoms. The molecule has 0 amide bonds. The minimum absolute atomic E-state index is 0.0955. The summed E-state index contributed by atoms with van der Waals surface area (Å²) in [7, 11) is 0. The van der Waals surface area contributed by atoms with Crippen molar-refractivity contribution in [2.24, 2.45) is 11.8 Å². The maximum Gasteiger partial charge on any atom is 0.346 e. The van der Waals surface area contributed by atoms with Gasteiger partial charge in [0.25, 0.3) is 0 Å². The molecular formula is C18H22O11. The molecule has 3 rings (SSSR count). The van der Waals surface area contributed by atoms with Crippen molar-refractivity contribution in [1.29, 1.82) is 0 Å². The van der Waals surface area contributed by atoms with E-state index in [0.29, 0.717) is 0 Å². The number of hydrogen-bond acceptors (Lipinski definition) is 11. The summed E-state index contributed by atoms with van der Waals surface area (Å²) in [6.45, 7) is 6.09. The quantitative estimate of drug-likeness (QED) is 0.315. The number of fused-ring (bicyclic) bond motifs is 1. The van der Waals surface area contributed by atoms with E-state index in [1.807, 2.05) is 0 Å². The van der Waals surface area contributed by atoms with Crippen LogP contribution < -0.4 is 0 Å². The van der Waals surface area contributed by atoms with Gasteiger partial charge < -0.3 is 33.2 Å². The molecule has 0 aliphatic carbocycles. The third kappa shape index (κ3) is 4.74. The van der Waals surface area contributed by atoms with Gasteiger partial charge in [0.15, 0.2) is 6.61 Å². The average molecular weight is 414 g/mol. The lowest BCUT2D eigenvalue weighted by Crippen LogP contribution is -2.41. The van der Waals surface area contributed by atoms with Gasteiger partial charge >= 0.3 is 23.9 Å². The van der Waals surface area contributed by atoms with Crippen LogP contribution in [-0.2, 0) is 52.3 Å². The molecule has 0 radical (unpaired) electrons. The molecule has 5 unspecified atom stereocenters. The summed E-state index contributed by atoms with van der Waals surface area (Å²) in [5, 5.41) is 0. The van der Waals surface area contributed by atoms with E-state index in [4.69, 9.17) is 33.2 Å². The van der Waals surface area contributed by atoms with Gasteiger partial charge in [0, 0.05) is 5.57 Å². The van der Waals surface area contributed by atoms with Gasteiger partial charge in [0.2, 0.25) is 6.29 Å². The van der Waals surface area contributed by atoms with Crippen molar-refractivity contribution in [2.75, 3.05) is 26.6 Å².